The smallest absolute Gasteiger partial charge is 0.330 e. The number of para-hydroxylation sites is 1. The number of hydrogen-bond acceptors (Lipinski definition) is 3. The summed E-state index contributed by atoms with van der Waals surface area (Å²) < 4.78 is 10.9. The molecule has 0 aromatic heterocycles. The molecule has 0 aliphatic heterocycles. The highest BCUT2D eigenvalue weighted by atomic mass is 16.5. The van der Waals surface area contributed by atoms with Crippen molar-refractivity contribution in [2.24, 2.45) is 0 Å². The number of aliphatic carboxylic acids is 1. The number of carboxylic acids is 1. The van der Waals surface area contributed by atoms with Crippen LogP contribution in [0.25, 0.3) is 0 Å². The Balaban J connectivity index is 1.97. The van der Waals surface area contributed by atoms with Crippen LogP contribution in [0, 0.1) is 0 Å². The number of ether oxygens (including phenoxy) is 2. The molecular formula is C15H20O4. The van der Waals surface area contributed by atoms with Crippen LogP contribution < -0.4 is 4.74 Å². The summed E-state index contributed by atoms with van der Waals surface area (Å²) in [4.78, 5) is 10.5. The molecule has 1 aromatic carbocycles. The Bertz CT molecular complexity index is 398. The Morgan fingerprint density at radius 3 is 2.63 bits per heavy atom. The second kappa shape index (κ2) is 9.16. The second-order valence-corrected chi connectivity index (χ2v) is 4.11. The third kappa shape index (κ3) is 7.26. The zero-order chi connectivity index (χ0) is 13.9. The summed E-state index contributed by atoms with van der Waals surface area (Å²) >= 11 is 0. The van der Waals surface area contributed by atoms with Crippen molar-refractivity contribution in [3.05, 3.63) is 42.0 Å². The van der Waals surface area contributed by atoms with Crippen LogP contribution in [0.1, 0.15) is 19.8 Å². The molecule has 0 spiro atoms. The monoisotopic (exact) mass is 264 g/mol. The van der Waals surface area contributed by atoms with Gasteiger partial charge in [-0.2, -0.15) is 0 Å². The van der Waals surface area contributed by atoms with Gasteiger partial charge in [0.05, 0.1) is 13.2 Å². The zero-order valence-corrected chi connectivity index (χ0v) is 11.2. The number of hydrogen-bond donors (Lipinski definition) is 1. The Morgan fingerprint density at radius 1 is 1.21 bits per heavy atom. The molecule has 0 aliphatic carbocycles. The van der Waals surface area contributed by atoms with E-state index in [1.807, 2.05) is 30.3 Å². The third-order valence-corrected chi connectivity index (χ3v) is 2.49. The first-order valence-corrected chi connectivity index (χ1v) is 6.36. The number of carbonyl (C=O) groups is 1. The minimum atomic E-state index is -0.878. The van der Waals surface area contributed by atoms with E-state index < -0.39 is 5.97 Å². The normalized spacial score (nSPS) is 11.3. The van der Waals surface area contributed by atoms with Gasteiger partial charge in [-0.3, -0.25) is 0 Å². The molecule has 0 saturated carbocycles. The zero-order valence-electron chi connectivity index (χ0n) is 11.2. The van der Waals surface area contributed by atoms with Crippen molar-refractivity contribution >= 4 is 5.97 Å². The van der Waals surface area contributed by atoms with Crippen LogP contribution in [-0.2, 0) is 9.53 Å². The SMILES string of the molecule is CC(=CCCOCCCOc1ccccc1)C(=O)O. The molecule has 0 amide bonds. The highest BCUT2D eigenvalue weighted by Gasteiger charge is 1.98. The van der Waals surface area contributed by atoms with E-state index in [0.717, 1.165) is 12.2 Å². The van der Waals surface area contributed by atoms with E-state index in [4.69, 9.17) is 14.6 Å². The molecule has 4 nitrogen and oxygen atoms in total. The van der Waals surface area contributed by atoms with Crippen LogP contribution >= 0.6 is 0 Å². The summed E-state index contributed by atoms with van der Waals surface area (Å²) in [6.07, 6.45) is 3.11. The first-order valence-electron chi connectivity index (χ1n) is 6.36. The number of benzene rings is 1. The predicted molar refractivity (Wildman–Crippen MR) is 73.4 cm³/mol. The molecule has 0 bridgehead atoms. The minimum absolute atomic E-state index is 0.357. The van der Waals surface area contributed by atoms with Crippen molar-refractivity contribution in [1.82, 2.24) is 0 Å². The van der Waals surface area contributed by atoms with Crippen LogP contribution in [0.4, 0.5) is 0 Å². The molecule has 0 unspecified atom stereocenters. The van der Waals surface area contributed by atoms with Gasteiger partial charge in [-0.05, 0) is 25.5 Å². The molecule has 0 atom stereocenters. The van der Waals surface area contributed by atoms with Crippen LogP contribution in [0.3, 0.4) is 0 Å². The molecule has 1 N–H and O–H groups in total. The van der Waals surface area contributed by atoms with Gasteiger partial charge >= 0.3 is 5.97 Å². The lowest BCUT2D eigenvalue weighted by atomic mass is 10.2. The van der Waals surface area contributed by atoms with Gasteiger partial charge in [0, 0.05) is 18.6 Å². The molecule has 0 heterocycles. The minimum Gasteiger partial charge on any atom is -0.494 e. The van der Waals surface area contributed by atoms with Crippen LogP contribution in [0.5, 0.6) is 5.75 Å². The molecule has 1 rings (SSSR count). The summed E-state index contributed by atoms with van der Waals surface area (Å²) in [5.41, 5.74) is 0.357. The molecule has 1 aromatic rings. The highest BCUT2D eigenvalue weighted by molar-refractivity contribution is 5.85. The average molecular weight is 264 g/mol. The summed E-state index contributed by atoms with van der Waals surface area (Å²) in [5, 5.41) is 8.64. The fraction of sp³-hybridized carbons (Fsp3) is 0.400. The van der Waals surface area contributed by atoms with Crippen molar-refractivity contribution in [2.75, 3.05) is 19.8 Å². The van der Waals surface area contributed by atoms with E-state index in [1.165, 1.54) is 0 Å². The summed E-state index contributed by atoms with van der Waals surface area (Å²) in [7, 11) is 0. The van der Waals surface area contributed by atoms with E-state index in [2.05, 4.69) is 0 Å². The quantitative estimate of drug-likeness (QED) is 0.550. The molecule has 104 valence electrons. The van der Waals surface area contributed by atoms with Gasteiger partial charge in [-0.15, -0.1) is 0 Å². The molecule has 0 aliphatic rings. The van der Waals surface area contributed by atoms with Crippen molar-refractivity contribution in [3.8, 4) is 5.75 Å². The van der Waals surface area contributed by atoms with Crippen molar-refractivity contribution in [2.45, 2.75) is 19.8 Å². The fourth-order valence-corrected chi connectivity index (χ4v) is 1.42. The molecule has 19 heavy (non-hydrogen) atoms. The second-order valence-electron chi connectivity index (χ2n) is 4.11. The Labute approximate surface area is 113 Å². The maximum atomic E-state index is 10.5. The van der Waals surface area contributed by atoms with E-state index in [1.54, 1.807) is 13.0 Å². The van der Waals surface area contributed by atoms with E-state index in [9.17, 15) is 4.79 Å². The summed E-state index contributed by atoms with van der Waals surface area (Å²) in [6, 6.07) is 9.65. The van der Waals surface area contributed by atoms with Gasteiger partial charge in [-0.25, -0.2) is 4.79 Å². The van der Waals surface area contributed by atoms with Crippen LogP contribution in [0.2, 0.25) is 0 Å². The first kappa shape index (κ1) is 15.2. The lowest BCUT2D eigenvalue weighted by Crippen LogP contribution is -2.04. The highest BCUT2D eigenvalue weighted by Crippen LogP contribution is 2.08. The van der Waals surface area contributed by atoms with Crippen LogP contribution in [-0.4, -0.2) is 30.9 Å². The van der Waals surface area contributed by atoms with E-state index in [0.29, 0.717) is 31.8 Å². The first-order chi connectivity index (χ1) is 9.20. The average Bonchev–Trinajstić information content (AvgIpc) is 2.42. The van der Waals surface area contributed by atoms with Gasteiger partial charge < -0.3 is 14.6 Å². The lowest BCUT2D eigenvalue weighted by molar-refractivity contribution is -0.132. The standard InChI is InChI=1S/C15H20O4/c1-13(15(16)17)7-5-10-18-11-6-12-19-14-8-3-2-4-9-14/h2-4,7-9H,5-6,10-12H2,1H3,(H,16,17). The summed E-state index contributed by atoms with van der Waals surface area (Å²) in [5.74, 6) is -0.0150. The van der Waals surface area contributed by atoms with Gasteiger partial charge in [-0.1, -0.05) is 24.3 Å². The number of rotatable bonds is 9. The topological polar surface area (TPSA) is 55.8 Å². The van der Waals surface area contributed by atoms with E-state index in [-0.39, 0.29) is 0 Å². The Morgan fingerprint density at radius 2 is 1.95 bits per heavy atom. The van der Waals surface area contributed by atoms with Crippen molar-refractivity contribution in [1.29, 1.82) is 0 Å². The maximum absolute atomic E-state index is 10.5. The predicted octanol–water partition coefficient (Wildman–Crippen LogP) is 2.89. The third-order valence-electron chi connectivity index (χ3n) is 2.49. The molecular weight excluding hydrogens is 244 g/mol. The van der Waals surface area contributed by atoms with Crippen LogP contribution in [0.15, 0.2) is 42.0 Å². The maximum Gasteiger partial charge on any atom is 0.330 e. The summed E-state index contributed by atoms with van der Waals surface area (Å²) in [6.45, 7) is 3.35. The van der Waals surface area contributed by atoms with Crippen molar-refractivity contribution < 1.29 is 19.4 Å². The van der Waals surface area contributed by atoms with Crippen molar-refractivity contribution in [3.63, 3.8) is 0 Å². The van der Waals surface area contributed by atoms with Gasteiger partial charge in [0.1, 0.15) is 5.75 Å². The van der Waals surface area contributed by atoms with E-state index >= 15 is 0 Å². The Hall–Kier alpha value is -1.81. The van der Waals surface area contributed by atoms with Gasteiger partial charge in [0.2, 0.25) is 0 Å². The number of carboxylic acid groups (broad SMARTS) is 1. The molecule has 0 radical (unpaired) electrons. The van der Waals surface area contributed by atoms with Gasteiger partial charge in [0.25, 0.3) is 0 Å². The molecule has 0 fully saturated rings. The Kier molecular flexibility index (Phi) is 7.35. The van der Waals surface area contributed by atoms with Gasteiger partial charge in [0.15, 0.2) is 0 Å². The lowest BCUT2D eigenvalue weighted by Gasteiger charge is -2.06. The largest absolute Gasteiger partial charge is 0.494 e. The molecule has 4 heteroatoms. The molecule has 0 saturated heterocycles. The fourth-order valence-electron chi connectivity index (χ4n) is 1.42.